The summed E-state index contributed by atoms with van der Waals surface area (Å²) in [5.41, 5.74) is 2.49. The van der Waals surface area contributed by atoms with Crippen LogP contribution < -0.4 is 0 Å². The van der Waals surface area contributed by atoms with E-state index in [-0.39, 0.29) is 5.41 Å². The van der Waals surface area contributed by atoms with E-state index >= 15 is 0 Å². The molecule has 0 spiro atoms. The quantitative estimate of drug-likeness (QED) is 0.412. The second-order valence-electron chi connectivity index (χ2n) is 6.64. The molecule has 1 aromatic heterocycles. The third kappa shape index (κ3) is 4.48. The molecule has 0 saturated heterocycles. The Hall–Kier alpha value is -2.06. The van der Waals surface area contributed by atoms with Crippen molar-refractivity contribution in [2.24, 2.45) is 0 Å². The molecule has 0 fully saturated rings. The number of rotatable bonds is 7. The van der Waals surface area contributed by atoms with E-state index in [1.165, 1.54) is 5.56 Å². The number of hydrogen-bond donors (Lipinski definition) is 0. The SMILES string of the molecule is C=CCn1c(SCCCC#N)nnc1-c1ccc(C(C)(C)C)cc1. The predicted octanol–water partition coefficient (Wildman–Crippen LogP) is 4.82. The fourth-order valence-corrected chi connectivity index (χ4v) is 3.22. The van der Waals surface area contributed by atoms with Crippen molar-refractivity contribution in [2.45, 2.75) is 50.7 Å². The van der Waals surface area contributed by atoms with E-state index in [4.69, 9.17) is 5.26 Å². The van der Waals surface area contributed by atoms with Crippen LogP contribution >= 0.6 is 11.8 Å². The molecule has 0 saturated carbocycles. The van der Waals surface area contributed by atoms with Crippen LogP contribution in [0.4, 0.5) is 0 Å². The minimum atomic E-state index is 0.134. The monoisotopic (exact) mass is 340 g/mol. The number of benzene rings is 1. The number of unbranched alkanes of at least 4 members (excludes halogenated alkanes) is 1. The van der Waals surface area contributed by atoms with Gasteiger partial charge in [0.1, 0.15) is 0 Å². The number of hydrogen-bond acceptors (Lipinski definition) is 4. The molecule has 0 aliphatic heterocycles. The zero-order valence-corrected chi connectivity index (χ0v) is 15.4. The van der Waals surface area contributed by atoms with Crippen LogP contribution in [0.15, 0.2) is 42.1 Å². The normalized spacial score (nSPS) is 11.2. The van der Waals surface area contributed by atoms with Crippen molar-refractivity contribution in [1.29, 1.82) is 5.26 Å². The Kier molecular flexibility index (Phi) is 6.22. The summed E-state index contributed by atoms with van der Waals surface area (Å²) in [5.74, 6) is 1.73. The molecular formula is C19H24N4S. The molecule has 24 heavy (non-hydrogen) atoms. The maximum Gasteiger partial charge on any atom is 0.191 e. The first-order chi connectivity index (χ1) is 11.5. The molecule has 0 bridgehead atoms. The van der Waals surface area contributed by atoms with Gasteiger partial charge in [0.25, 0.3) is 0 Å². The van der Waals surface area contributed by atoms with Crippen molar-refractivity contribution in [1.82, 2.24) is 14.8 Å². The van der Waals surface area contributed by atoms with Crippen molar-refractivity contribution in [3.8, 4) is 17.5 Å². The molecule has 5 heteroatoms. The molecule has 126 valence electrons. The zero-order valence-electron chi connectivity index (χ0n) is 14.6. The molecule has 0 aliphatic carbocycles. The highest BCUT2D eigenvalue weighted by Crippen LogP contribution is 2.28. The molecule has 4 nitrogen and oxygen atoms in total. The van der Waals surface area contributed by atoms with Crippen LogP contribution in [-0.2, 0) is 12.0 Å². The number of thioether (sulfide) groups is 1. The largest absolute Gasteiger partial charge is 0.298 e. The fraction of sp³-hybridized carbons (Fsp3) is 0.421. The Labute approximate surface area is 148 Å². The van der Waals surface area contributed by atoms with Crippen LogP contribution in [-0.4, -0.2) is 20.5 Å². The van der Waals surface area contributed by atoms with Gasteiger partial charge in [0.2, 0.25) is 0 Å². The van der Waals surface area contributed by atoms with Gasteiger partial charge in [-0.1, -0.05) is 62.9 Å². The van der Waals surface area contributed by atoms with Gasteiger partial charge in [0.15, 0.2) is 11.0 Å². The summed E-state index contributed by atoms with van der Waals surface area (Å²) in [6.07, 6.45) is 3.29. The summed E-state index contributed by atoms with van der Waals surface area (Å²) in [6, 6.07) is 10.7. The van der Waals surface area contributed by atoms with Crippen molar-refractivity contribution in [2.75, 3.05) is 5.75 Å². The Balaban J connectivity index is 2.24. The Morgan fingerprint density at radius 1 is 1.25 bits per heavy atom. The molecule has 0 atom stereocenters. The van der Waals surface area contributed by atoms with Crippen LogP contribution in [0.25, 0.3) is 11.4 Å². The first kappa shape index (κ1) is 18.3. The smallest absolute Gasteiger partial charge is 0.191 e. The highest BCUT2D eigenvalue weighted by molar-refractivity contribution is 7.99. The lowest BCUT2D eigenvalue weighted by Crippen LogP contribution is -2.10. The van der Waals surface area contributed by atoms with Crippen LogP contribution in [0.2, 0.25) is 0 Å². The molecule has 0 radical (unpaired) electrons. The number of nitrogens with zero attached hydrogens (tertiary/aromatic N) is 4. The van der Waals surface area contributed by atoms with Gasteiger partial charge in [-0.15, -0.1) is 16.8 Å². The molecule has 1 aromatic carbocycles. The second-order valence-corrected chi connectivity index (χ2v) is 7.71. The van der Waals surface area contributed by atoms with E-state index in [0.717, 1.165) is 28.7 Å². The minimum Gasteiger partial charge on any atom is -0.298 e. The van der Waals surface area contributed by atoms with Gasteiger partial charge in [-0.25, -0.2) is 0 Å². The third-order valence-electron chi connectivity index (χ3n) is 3.70. The lowest BCUT2D eigenvalue weighted by Gasteiger charge is -2.19. The number of nitriles is 1. The van der Waals surface area contributed by atoms with Crippen molar-refractivity contribution in [3.63, 3.8) is 0 Å². The molecule has 2 aromatic rings. The van der Waals surface area contributed by atoms with E-state index in [2.05, 4.69) is 72.4 Å². The summed E-state index contributed by atoms with van der Waals surface area (Å²) < 4.78 is 2.08. The highest BCUT2D eigenvalue weighted by atomic mass is 32.2. The summed E-state index contributed by atoms with van der Waals surface area (Å²) in [6.45, 7) is 11.1. The molecular weight excluding hydrogens is 316 g/mol. The molecule has 1 heterocycles. The average molecular weight is 340 g/mol. The van der Waals surface area contributed by atoms with Crippen molar-refractivity contribution < 1.29 is 0 Å². The van der Waals surface area contributed by atoms with E-state index < -0.39 is 0 Å². The topological polar surface area (TPSA) is 54.5 Å². The van der Waals surface area contributed by atoms with Crippen LogP contribution in [0.1, 0.15) is 39.2 Å². The van der Waals surface area contributed by atoms with Crippen molar-refractivity contribution in [3.05, 3.63) is 42.5 Å². The number of aromatic nitrogens is 3. The van der Waals surface area contributed by atoms with Crippen LogP contribution in [0.3, 0.4) is 0 Å². The Morgan fingerprint density at radius 3 is 2.54 bits per heavy atom. The lowest BCUT2D eigenvalue weighted by atomic mass is 9.87. The summed E-state index contributed by atoms with van der Waals surface area (Å²) in [7, 11) is 0. The Bertz CT molecular complexity index is 717. The van der Waals surface area contributed by atoms with E-state index in [0.29, 0.717) is 13.0 Å². The van der Waals surface area contributed by atoms with Gasteiger partial charge in [-0.2, -0.15) is 5.26 Å². The van der Waals surface area contributed by atoms with Crippen molar-refractivity contribution >= 4 is 11.8 Å². The predicted molar refractivity (Wildman–Crippen MR) is 99.9 cm³/mol. The third-order valence-corrected chi connectivity index (χ3v) is 4.75. The molecule has 0 unspecified atom stereocenters. The minimum absolute atomic E-state index is 0.134. The van der Waals surface area contributed by atoms with Gasteiger partial charge < -0.3 is 0 Å². The lowest BCUT2D eigenvalue weighted by molar-refractivity contribution is 0.590. The van der Waals surface area contributed by atoms with Gasteiger partial charge in [0, 0.05) is 24.3 Å². The zero-order chi connectivity index (χ0) is 17.6. The maximum atomic E-state index is 8.63. The second kappa shape index (κ2) is 8.16. The number of allylic oxidation sites excluding steroid dienone is 1. The molecule has 0 amide bonds. The van der Waals surface area contributed by atoms with E-state index in [1.807, 2.05) is 6.08 Å². The van der Waals surface area contributed by atoms with Gasteiger partial charge >= 0.3 is 0 Å². The Morgan fingerprint density at radius 2 is 1.96 bits per heavy atom. The average Bonchev–Trinajstić information content (AvgIpc) is 2.94. The first-order valence-corrected chi connectivity index (χ1v) is 9.10. The highest BCUT2D eigenvalue weighted by Gasteiger charge is 2.16. The molecule has 2 rings (SSSR count). The van der Waals surface area contributed by atoms with E-state index in [1.54, 1.807) is 11.8 Å². The standard InChI is InChI=1S/C19H24N4S/c1-5-13-23-17(21-22-18(23)24-14-7-6-12-20)15-8-10-16(11-9-15)19(2,3)4/h5,8-11H,1,6-7,13-14H2,2-4H3. The van der Waals surface area contributed by atoms with Gasteiger partial charge in [0.05, 0.1) is 6.07 Å². The van der Waals surface area contributed by atoms with Crippen LogP contribution in [0.5, 0.6) is 0 Å². The summed E-state index contributed by atoms with van der Waals surface area (Å²) >= 11 is 1.64. The molecule has 0 aliphatic rings. The first-order valence-electron chi connectivity index (χ1n) is 8.12. The summed E-state index contributed by atoms with van der Waals surface area (Å²) in [5, 5.41) is 18.2. The van der Waals surface area contributed by atoms with E-state index in [9.17, 15) is 0 Å². The summed E-state index contributed by atoms with van der Waals surface area (Å²) in [4.78, 5) is 0. The fourth-order valence-electron chi connectivity index (χ4n) is 2.34. The van der Waals surface area contributed by atoms with Gasteiger partial charge in [-0.3, -0.25) is 4.57 Å². The maximum absolute atomic E-state index is 8.63. The molecule has 0 N–H and O–H groups in total. The van der Waals surface area contributed by atoms with Gasteiger partial charge in [-0.05, 0) is 17.4 Å². The van der Waals surface area contributed by atoms with Crippen LogP contribution in [0, 0.1) is 11.3 Å².